The Labute approximate surface area is 133 Å². The highest BCUT2D eigenvalue weighted by Gasteiger charge is 2.24. The average molecular weight is 312 g/mol. The molecule has 1 aliphatic heterocycles. The van der Waals surface area contributed by atoms with E-state index in [1.165, 1.54) is 0 Å². The van der Waals surface area contributed by atoms with Gasteiger partial charge in [-0.25, -0.2) is 9.79 Å². The van der Waals surface area contributed by atoms with Crippen LogP contribution in [0.15, 0.2) is 53.2 Å². The quantitative estimate of drug-likeness (QED) is 0.612. The largest absolute Gasteiger partial charge is 0.402 e. The van der Waals surface area contributed by atoms with Crippen LogP contribution < -0.4 is 0 Å². The van der Waals surface area contributed by atoms with E-state index in [1.54, 1.807) is 30.3 Å². The molecular formula is C18H14ClNO2. The molecule has 0 bridgehead atoms. The van der Waals surface area contributed by atoms with Crippen LogP contribution in [-0.4, -0.2) is 11.9 Å². The Bertz CT molecular complexity index is 804. The average Bonchev–Trinajstić information content (AvgIpc) is 2.85. The molecule has 0 fully saturated rings. The zero-order chi connectivity index (χ0) is 15.7. The minimum atomic E-state index is -0.439. The van der Waals surface area contributed by atoms with Gasteiger partial charge in [0.05, 0.1) is 0 Å². The van der Waals surface area contributed by atoms with E-state index in [4.69, 9.17) is 16.3 Å². The van der Waals surface area contributed by atoms with Crippen LogP contribution in [0.2, 0.25) is 5.02 Å². The molecule has 0 aromatic heterocycles. The van der Waals surface area contributed by atoms with Gasteiger partial charge in [0, 0.05) is 10.6 Å². The van der Waals surface area contributed by atoms with Gasteiger partial charge in [0.1, 0.15) is 0 Å². The van der Waals surface area contributed by atoms with Crippen LogP contribution >= 0.6 is 11.6 Å². The third-order valence-electron chi connectivity index (χ3n) is 3.44. The molecule has 0 unspecified atom stereocenters. The molecule has 2 aromatic rings. The first-order chi connectivity index (χ1) is 10.5. The number of carbonyl (C=O) groups is 1. The summed E-state index contributed by atoms with van der Waals surface area (Å²) >= 11 is 5.86. The summed E-state index contributed by atoms with van der Waals surface area (Å²) in [6.45, 7) is 4.01. The van der Waals surface area contributed by atoms with Crippen LogP contribution in [0.3, 0.4) is 0 Å². The van der Waals surface area contributed by atoms with Gasteiger partial charge in [-0.05, 0) is 55.3 Å². The molecule has 0 N–H and O–H groups in total. The molecule has 0 saturated carbocycles. The van der Waals surface area contributed by atoms with Crippen molar-refractivity contribution in [1.82, 2.24) is 0 Å². The van der Waals surface area contributed by atoms with Crippen molar-refractivity contribution in [2.24, 2.45) is 4.99 Å². The van der Waals surface area contributed by atoms with Gasteiger partial charge < -0.3 is 4.74 Å². The van der Waals surface area contributed by atoms with Gasteiger partial charge in [0.15, 0.2) is 5.70 Å². The standard InChI is InChI=1S/C18H14ClNO2/c1-11-3-4-12(2)14(9-11)10-16-18(21)22-17(20-16)13-5-7-15(19)8-6-13/h3-10H,1-2H3/b16-10-. The topological polar surface area (TPSA) is 38.7 Å². The van der Waals surface area contributed by atoms with Crippen molar-refractivity contribution in [2.45, 2.75) is 13.8 Å². The highest BCUT2D eigenvalue weighted by atomic mass is 35.5. The fraction of sp³-hybridized carbons (Fsp3) is 0.111. The summed E-state index contributed by atoms with van der Waals surface area (Å²) in [6.07, 6.45) is 1.76. The Morgan fingerprint density at radius 1 is 1.09 bits per heavy atom. The third-order valence-corrected chi connectivity index (χ3v) is 3.69. The van der Waals surface area contributed by atoms with Crippen LogP contribution in [0.1, 0.15) is 22.3 Å². The first-order valence-electron chi connectivity index (χ1n) is 6.89. The Morgan fingerprint density at radius 2 is 1.82 bits per heavy atom. The molecule has 0 amide bonds. The van der Waals surface area contributed by atoms with Crippen molar-refractivity contribution in [2.75, 3.05) is 0 Å². The Morgan fingerprint density at radius 3 is 2.55 bits per heavy atom. The molecule has 0 spiro atoms. The summed E-state index contributed by atoms with van der Waals surface area (Å²) in [5.74, 6) is -0.135. The SMILES string of the molecule is Cc1ccc(C)c(/C=C2\N=C(c3ccc(Cl)cc3)OC2=O)c1. The highest BCUT2D eigenvalue weighted by Crippen LogP contribution is 2.22. The van der Waals surface area contributed by atoms with Crippen molar-refractivity contribution in [3.05, 3.63) is 75.4 Å². The maximum atomic E-state index is 12.0. The number of rotatable bonds is 2. The normalized spacial score (nSPS) is 15.9. The second-order valence-electron chi connectivity index (χ2n) is 5.20. The van der Waals surface area contributed by atoms with Crippen LogP contribution in [-0.2, 0) is 9.53 Å². The number of benzene rings is 2. The van der Waals surface area contributed by atoms with Gasteiger partial charge in [0.2, 0.25) is 5.90 Å². The molecule has 2 aromatic carbocycles. The molecule has 4 heteroatoms. The molecule has 1 aliphatic rings. The lowest BCUT2D eigenvalue weighted by atomic mass is 10.0. The van der Waals surface area contributed by atoms with E-state index < -0.39 is 5.97 Å². The summed E-state index contributed by atoms with van der Waals surface area (Å²) in [5.41, 5.74) is 4.21. The fourth-order valence-electron chi connectivity index (χ4n) is 2.19. The van der Waals surface area contributed by atoms with E-state index in [1.807, 2.05) is 32.0 Å². The summed E-state index contributed by atoms with van der Waals surface area (Å²) < 4.78 is 5.24. The lowest BCUT2D eigenvalue weighted by Gasteiger charge is -2.01. The molecule has 0 saturated heterocycles. The van der Waals surface area contributed by atoms with E-state index in [0.717, 1.165) is 22.3 Å². The number of halogens is 1. The first-order valence-corrected chi connectivity index (χ1v) is 7.26. The van der Waals surface area contributed by atoms with Gasteiger partial charge in [0.25, 0.3) is 0 Å². The van der Waals surface area contributed by atoms with Crippen molar-refractivity contribution >= 4 is 29.5 Å². The summed E-state index contributed by atoms with van der Waals surface area (Å²) in [6, 6.07) is 13.1. The molecule has 0 atom stereocenters. The summed E-state index contributed by atoms with van der Waals surface area (Å²) in [4.78, 5) is 16.3. The number of aliphatic imine (C=N–C) groups is 1. The third kappa shape index (κ3) is 2.95. The van der Waals surface area contributed by atoms with E-state index >= 15 is 0 Å². The number of esters is 1. The smallest absolute Gasteiger partial charge is 0.363 e. The second kappa shape index (κ2) is 5.78. The van der Waals surface area contributed by atoms with Gasteiger partial charge in [-0.3, -0.25) is 0 Å². The first kappa shape index (κ1) is 14.5. The molecule has 0 radical (unpaired) electrons. The predicted octanol–water partition coefficient (Wildman–Crippen LogP) is 4.30. The van der Waals surface area contributed by atoms with Gasteiger partial charge in [-0.15, -0.1) is 0 Å². The zero-order valence-electron chi connectivity index (χ0n) is 12.3. The van der Waals surface area contributed by atoms with Crippen molar-refractivity contribution in [3.63, 3.8) is 0 Å². The Hall–Kier alpha value is -2.39. The maximum absolute atomic E-state index is 12.0. The summed E-state index contributed by atoms with van der Waals surface area (Å²) in [5, 5.41) is 0.625. The maximum Gasteiger partial charge on any atom is 0.363 e. The number of hydrogen-bond donors (Lipinski definition) is 0. The van der Waals surface area contributed by atoms with Crippen LogP contribution in [0.25, 0.3) is 6.08 Å². The number of ether oxygens (including phenoxy) is 1. The van der Waals surface area contributed by atoms with E-state index in [9.17, 15) is 4.79 Å². The van der Waals surface area contributed by atoms with Gasteiger partial charge >= 0.3 is 5.97 Å². The molecule has 22 heavy (non-hydrogen) atoms. The fourth-order valence-corrected chi connectivity index (χ4v) is 2.31. The van der Waals surface area contributed by atoms with E-state index in [-0.39, 0.29) is 0 Å². The van der Waals surface area contributed by atoms with E-state index in [2.05, 4.69) is 4.99 Å². The predicted molar refractivity (Wildman–Crippen MR) is 88.0 cm³/mol. The lowest BCUT2D eigenvalue weighted by molar-refractivity contribution is -0.129. The summed E-state index contributed by atoms with van der Waals surface area (Å²) in [7, 11) is 0. The van der Waals surface area contributed by atoms with Crippen LogP contribution in [0.5, 0.6) is 0 Å². The monoisotopic (exact) mass is 311 g/mol. The zero-order valence-corrected chi connectivity index (χ0v) is 13.0. The Kier molecular flexibility index (Phi) is 3.82. The minimum absolute atomic E-state index is 0.304. The number of cyclic esters (lactones) is 1. The van der Waals surface area contributed by atoms with Crippen LogP contribution in [0, 0.1) is 13.8 Å². The molecule has 1 heterocycles. The molecule has 110 valence electrons. The highest BCUT2D eigenvalue weighted by molar-refractivity contribution is 6.30. The molecule has 3 nitrogen and oxygen atoms in total. The van der Waals surface area contributed by atoms with Gasteiger partial charge in [-0.1, -0.05) is 35.4 Å². The van der Waals surface area contributed by atoms with Crippen LogP contribution in [0.4, 0.5) is 0 Å². The van der Waals surface area contributed by atoms with Crippen molar-refractivity contribution in [3.8, 4) is 0 Å². The number of nitrogens with zero attached hydrogens (tertiary/aromatic N) is 1. The van der Waals surface area contributed by atoms with Gasteiger partial charge in [-0.2, -0.15) is 0 Å². The Balaban J connectivity index is 1.97. The number of aryl methyl sites for hydroxylation is 2. The minimum Gasteiger partial charge on any atom is -0.402 e. The number of hydrogen-bond acceptors (Lipinski definition) is 3. The molecule has 3 rings (SSSR count). The number of carbonyl (C=O) groups excluding carboxylic acids is 1. The lowest BCUT2D eigenvalue weighted by Crippen LogP contribution is -2.05. The van der Waals surface area contributed by atoms with E-state index in [0.29, 0.717) is 16.6 Å². The molecule has 0 aliphatic carbocycles. The molecular weight excluding hydrogens is 298 g/mol. The van der Waals surface area contributed by atoms with Crippen molar-refractivity contribution < 1.29 is 9.53 Å². The second-order valence-corrected chi connectivity index (χ2v) is 5.64. The van der Waals surface area contributed by atoms with Crippen molar-refractivity contribution in [1.29, 1.82) is 0 Å².